The summed E-state index contributed by atoms with van der Waals surface area (Å²) < 4.78 is 0.405. The van der Waals surface area contributed by atoms with Gasteiger partial charge in [-0.1, -0.05) is 50.0 Å². The molecule has 0 bridgehead atoms. The summed E-state index contributed by atoms with van der Waals surface area (Å²) in [6, 6.07) is 0. The predicted molar refractivity (Wildman–Crippen MR) is 46.2 cm³/mol. The maximum Gasteiger partial charge on any atom is 0.103 e. The number of hydrogen-bond acceptors (Lipinski definition) is 0. The maximum atomic E-state index is 5.53. The van der Waals surface area contributed by atoms with E-state index in [1.807, 2.05) is 6.08 Å². The van der Waals surface area contributed by atoms with Gasteiger partial charge in [-0.25, -0.2) is 0 Å². The molecule has 10 heavy (non-hydrogen) atoms. The van der Waals surface area contributed by atoms with Crippen LogP contribution in [-0.2, 0) is 0 Å². The Kier molecular flexibility index (Phi) is 2.04. The monoisotopic (exact) mass is 178 g/mol. The van der Waals surface area contributed by atoms with Crippen molar-refractivity contribution in [2.45, 2.75) is 20.8 Å². The van der Waals surface area contributed by atoms with Crippen molar-refractivity contribution in [1.29, 1.82) is 0 Å². The van der Waals surface area contributed by atoms with Crippen LogP contribution in [0.1, 0.15) is 20.8 Å². The molecule has 0 N–H and O–H groups in total. The summed E-state index contributed by atoms with van der Waals surface area (Å²) in [7, 11) is 0. The largest absolute Gasteiger partial charge is 0.103 e. The van der Waals surface area contributed by atoms with Crippen LogP contribution >= 0.6 is 23.2 Å². The molecule has 1 saturated carbocycles. The molecule has 1 aliphatic rings. The minimum atomic E-state index is 0.405. The molecule has 0 saturated heterocycles. The average Bonchev–Trinajstić information content (AvgIpc) is 2.17. The predicted octanol–water partition coefficient (Wildman–Crippen LogP) is 3.60. The van der Waals surface area contributed by atoms with Crippen molar-refractivity contribution in [3.8, 4) is 0 Å². The highest BCUT2D eigenvalue weighted by Crippen LogP contribution is 2.59. The number of allylic oxidation sites excluding steroid dienone is 1. The molecule has 1 fully saturated rings. The molecule has 0 nitrogen and oxygen atoms in total. The molecule has 2 heteroatoms. The third-order valence-corrected chi connectivity index (χ3v) is 3.02. The summed E-state index contributed by atoms with van der Waals surface area (Å²) in [6.07, 6.45) is 1.94. The molecule has 0 radical (unpaired) electrons. The van der Waals surface area contributed by atoms with Crippen molar-refractivity contribution in [2.75, 3.05) is 0 Å². The fraction of sp³-hybridized carbons (Fsp3) is 0.750. The summed E-state index contributed by atoms with van der Waals surface area (Å²) in [5, 5.41) is 0. The molecule has 0 spiro atoms. The van der Waals surface area contributed by atoms with Gasteiger partial charge >= 0.3 is 0 Å². The Morgan fingerprint density at radius 3 is 1.90 bits per heavy atom. The van der Waals surface area contributed by atoms with Gasteiger partial charge in [0.15, 0.2) is 0 Å². The van der Waals surface area contributed by atoms with Crippen LogP contribution < -0.4 is 0 Å². The van der Waals surface area contributed by atoms with Crippen LogP contribution in [0.3, 0.4) is 0 Å². The summed E-state index contributed by atoms with van der Waals surface area (Å²) in [4.78, 5) is 0. The number of rotatable bonds is 1. The van der Waals surface area contributed by atoms with E-state index in [4.69, 9.17) is 23.2 Å². The Morgan fingerprint density at radius 2 is 1.80 bits per heavy atom. The summed E-state index contributed by atoms with van der Waals surface area (Å²) in [5.74, 6) is 1.30. The van der Waals surface area contributed by atoms with Gasteiger partial charge in [0.05, 0.1) is 0 Å². The zero-order chi connectivity index (χ0) is 7.94. The zero-order valence-electron chi connectivity index (χ0n) is 6.49. The molecule has 2 atom stereocenters. The van der Waals surface area contributed by atoms with E-state index in [9.17, 15) is 0 Å². The second-order valence-corrected chi connectivity index (χ2v) is 4.60. The molecule has 0 aromatic heterocycles. The minimum absolute atomic E-state index is 0.405. The van der Waals surface area contributed by atoms with Crippen LogP contribution in [0.25, 0.3) is 0 Å². The molecule has 1 aliphatic carbocycles. The fourth-order valence-electron chi connectivity index (χ4n) is 1.44. The van der Waals surface area contributed by atoms with E-state index in [2.05, 4.69) is 20.8 Å². The van der Waals surface area contributed by atoms with Crippen LogP contribution in [0.2, 0.25) is 0 Å². The van der Waals surface area contributed by atoms with Crippen molar-refractivity contribution in [2.24, 2.45) is 17.3 Å². The van der Waals surface area contributed by atoms with Crippen molar-refractivity contribution in [1.82, 2.24) is 0 Å². The Labute approximate surface area is 72.2 Å². The smallest absolute Gasteiger partial charge is 0.0712 e. The van der Waals surface area contributed by atoms with E-state index in [0.29, 0.717) is 15.8 Å². The van der Waals surface area contributed by atoms with E-state index in [1.165, 1.54) is 0 Å². The lowest BCUT2D eigenvalue weighted by atomic mass is 10.1. The summed E-state index contributed by atoms with van der Waals surface area (Å²) >= 11 is 11.1. The lowest BCUT2D eigenvalue weighted by Crippen LogP contribution is -1.86. The Hall–Kier alpha value is 0.320. The molecule has 58 valence electrons. The van der Waals surface area contributed by atoms with Gasteiger partial charge in [0.2, 0.25) is 0 Å². The van der Waals surface area contributed by atoms with Crippen molar-refractivity contribution >= 4 is 23.2 Å². The van der Waals surface area contributed by atoms with E-state index < -0.39 is 0 Å². The lowest BCUT2D eigenvalue weighted by Gasteiger charge is -1.95. The summed E-state index contributed by atoms with van der Waals surface area (Å²) in [6.45, 7) is 6.68. The molecule has 0 aromatic rings. The third kappa shape index (κ3) is 1.33. The van der Waals surface area contributed by atoms with Gasteiger partial charge in [-0.05, 0) is 17.3 Å². The highest BCUT2D eigenvalue weighted by molar-refractivity contribution is 6.55. The molecule has 2 unspecified atom stereocenters. The second-order valence-electron chi connectivity index (χ2n) is 3.59. The average molecular weight is 179 g/mol. The van der Waals surface area contributed by atoms with Crippen molar-refractivity contribution < 1.29 is 0 Å². The SMILES string of the molecule is CC1C(C=C(Cl)Cl)C1(C)C. The first-order valence-corrected chi connectivity index (χ1v) is 4.24. The molecule has 0 aromatic carbocycles. The van der Waals surface area contributed by atoms with Crippen LogP contribution in [-0.4, -0.2) is 0 Å². The van der Waals surface area contributed by atoms with Crippen molar-refractivity contribution in [3.05, 3.63) is 10.6 Å². The molecular formula is C8H12Cl2. The maximum absolute atomic E-state index is 5.53. The molecule has 0 heterocycles. The Bertz CT molecular complexity index is 166. The second kappa shape index (κ2) is 2.42. The summed E-state index contributed by atoms with van der Waals surface area (Å²) in [5.41, 5.74) is 0.412. The van der Waals surface area contributed by atoms with Crippen LogP contribution in [0, 0.1) is 17.3 Å². The van der Waals surface area contributed by atoms with Gasteiger partial charge in [0.1, 0.15) is 4.49 Å². The molecule has 0 amide bonds. The van der Waals surface area contributed by atoms with E-state index >= 15 is 0 Å². The van der Waals surface area contributed by atoms with E-state index in [0.717, 1.165) is 5.92 Å². The van der Waals surface area contributed by atoms with E-state index in [1.54, 1.807) is 0 Å². The topological polar surface area (TPSA) is 0 Å². The Balaban J connectivity index is 2.58. The fourth-order valence-corrected chi connectivity index (χ4v) is 1.71. The van der Waals surface area contributed by atoms with Crippen LogP contribution in [0.4, 0.5) is 0 Å². The number of halogens is 2. The standard InChI is InChI=1S/C8H12Cl2/c1-5-6(4-7(9)10)8(5,2)3/h4-6H,1-3H3. The Morgan fingerprint density at radius 1 is 1.40 bits per heavy atom. The zero-order valence-corrected chi connectivity index (χ0v) is 8.00. The highest BCUT2D eigenvalue weighted by atomic mass is 35.5. The first-order chi connectivity index (χ1) is 4.46. The molecule has 1 rings (SSSR count). The van der Waals surface area contributed by atoms with E-state index in [-0.39, 0.29) is 0 Å². The van der Waals surface area contributed by atoms with Crippen LogP contribution in [0.15, 0.2) is 10.6 Å². The van der Waals surface area contributed by atoms with Gasteiger partial charge in [0.25, 0.3) is 0 Å². The van der Waals surface area contributed by atoms with Gasteiger partial charge in [-0.15, -0.1) is 0 Å². The first-order valence-electron chi connectivity index (χ1n) is 3.49. The minimum Gasteiger partial charge on any atom is -0.0712 e. The normalized spacial score (nSPS) is 35.3. The van der Waals surface area contributed by atoms with Crippen LogP contribution in [0.5, 0.6) is 0 Å². The third-order valence-electron chi connectivity index (χ3n) is 2.77. The highest BCUT2D eigenvalue weighted by Gasteiger charge is 2.52. The lowest BCUT2D eigenvalue weighted by molar-refractivity contribution is 0.570. The first kappa shape index (κ1) is 8.42. The quantitative estimate of drug-likeness (QED) is 0.576. The molecular weight excluding hydrogens is 167 g/mol. The van der Waals surface area contributed by atoms with Gasteiger partial charge in [-0.3, -0.25) is 0 Å². The molecule has 0 aliphatic heterocycles. The van der Waals surface area contributed by atoms with Gasteiger partial charge < -0.3 is 0 Å². The van der Waals surface area contributed by atoms with Crippen molar-refractivity contribution in [3.63, 3.8) is 0 Å². The number of hydrogen-bond donors (Lipinski definition) is 0. The van der Waals surface area contributed by atoms with Gasteiger partial charge in [0, 0.05) is 0 Å². The van der Waals surface area contributed by atoms with Gasteiger partial charge in [-0.2, -0.15) is 0 Å².